The van der Waals surface area contributed by atoms with Gasteiger partial charge in [0.2, 0.25) is 0 Å². The van der Waals surface area contributed by atoms with Crippen LogP contribution in [0.4, 0.5) is 0 Å². The molecule has 1 saturated heterocycles. The molecule has 0 radical (unpaired) electrons. The van der Waals surface area contributed by atoms with Gasteiger partial charge >= 0.3 is 0 Å². The Kier molecular flexibility index (Phi) is 6.86. The highest BCUT2D eigenvalue weighted by Gasteiger charge is 2.25. The van der Waals surface area contributed by atoms with Crippen molar-refractivity contribution in [3.8, 4) is 17.1 Å². The van der Waals surface area contributed by atoms with E-state index in [-0.39, 0.29) is 17.6 Å². The number of nitrogens with zero attached hydrogens (tertiary/aromatic N) is 2. The molecule has 4 rings (SSSR count). The molecular formula is C23H24ClN3O4. The first kappa shape index (κ1) is 21.4. The van der Waals surface area contributed by atoms with E-state index < -0.39 is 0 Å². The second-order valence-electron chi connectivity index (χ2n) is 7.20. The Labute approximate surface area is 185 Å². The fourth-order valence-corrected chi connectivity index (χ4v) is 3.89. The van der Waals surface area contributed by atoms with E-state index in [1.165, 1.54) is 0 Å². The summed E-state index contributed by atoms with van der Waals surface area (Å²) < 4.78 is 16.0. The zero-order valence-electron chi connectivity index (χ0n) is 17.2. The monoisotopic (exact) mass is 441 g/mol. The van der Waals surface area contributed by atoms with Gasteiger partial charge in [-0.15, -0.1) is 0 Å². The predicted molar refractivity (Wildman–Crippen MR) is 117 cm³/mol. The molecule has 1 N–H and O–H groups in total. The minimum atomic E-state index is -0.297. The summed E-state index contributed by atoms with van der Waals surface area (Å²) in [6.45, 7) is 3.26. The fourth-order valence-electron chi connectivity index (χ4n) is 3.62. The highest BCUT2D eigenvalue weighted by Crippen LogP contribution is 2.28. The van der Waals surface area contributed by atoms with Gasteiger partial charge in [-0.25, -0.2) is 0 Å². The number of halogens is 1. The van der Waals surface area contributed by atoms with E-state index in [2.05, 4.69) is 15.4 Å². The molecule has 1 fully saturated rings. The Morgan fingerprint density at radius 1 is 1.19 bits per heavy atom. The van der Waals surface area contributed by atoms with E-state index >= 15 is 0 Å². The van der Waals surface area contributed by atoms with Gasteiger partial charge in [0.1, 0.15) is 5.75 Å². The summed E-state index contributed by atoms with van der Waals surface area (Å²) in [6.07, 6.45) is 0. The van der Waals surface area contributed by atoms with Gasteiger partial charge in [-0.2, -0.15) is 0 Å². The molecule has 2 heterocycles. The van der Waals surface area contributed by atoms with E-state index in [1.54, 1.807) is 13.2 Å². The summed E-state index contributed by atoms with van der Waals surface area (Å²) in [5.74, 6) is 0.965. The molecule has 1 atom stereocenters. The number of benzene rings is 2. The average Bonchev–Trinajstić information content (AvgIpc) is 3.31. The van der Waals surface area contributed by atoms with Crippen LogP contribution in [0.5, 0.6) is 5.75 Å². The molecule has 0 bridgehead atoms. The zero-order valence-corrected chi connectivity index (χ0v) is 18.0. The third kappa shape index (κ3) is 5.07. The maximum atomic E-state index is 12.8. The normalized spacial score (nSPS) is 15.4. The van der Waals surface area contributed by atoms with Gasteiger partial charge in [0.15, 0.2) is 11.5 Å². The van der Waals surface area contributed by atoms with Crippen molar-refractivity contribution < 1.29 is 18.8 Å². The maximum Gasteiger partial charge on any atom is 0.273 e. The molecule has 0 saturated carbocycles. The van der Waals surface area contributed by atoms with E-state index in [0.29, 0.717) is 30.5 Å². The third-order valence-corrected chi connectivity index (χ3v) is 5.67. The predicted octanol–water partition coefficient (Wildman–Crippen LogP) is 3.81. The van der Waals surface area contributed by atoms with Crippen molar-refractivity contribution in [2.45, 2.75) is 6.04 Å². The van der Waals surface area contributed by atoms with E-state index in [0.717, 1.165) is 30.0 Å². The SMILES string of the molecule is COc1ccc(-c2cc(C(=O)NCC(c3ccccc3Cl)N3CCOCC3)no2)cc1. The summed E-state index contributed by atoms with van der Waals surface area (Å²) in [5, 5.41) is 7.60. The molecule has 1 amide bonds. The van der Waals surface area contributed by atoms with Crippen molar-refractivity contribution >= 4 is 17.5 Å². The molecule has 1 aromatic heterocycles. The number of hydrogen-bond acceptors (Lipinski definition) is 6. The van der Waals surface area contributed by atoms with Crippen LogP contribution in [-0.2, 0) is 4.74 Å². The molecule has 2 aromatic carbocycles. The van der Waals surface area contributed by atoms with Crippen molar-refractivity contribution in [3.05, 3.63) is 70.9 Å². The summed E-state index contributed by atoms with van der Waals surface area (Å²) in [7, 11) is 1.61. The first-order valence-electron chi connectivity index (χ1n) is 10.1. The van der Waals surface area contributed by atoms with Gasteiger partial charge in [0.25, 0.3) is 5.91 Å². The van der Waals surface area contributed by atoms with Crippen LogP contribution < -0.4 is 10.1 Å². The van der Waals surface area contributed by atoms with E-state index in [9.17, 15) is 4.79 Å². The molecule has 1 aliphatic heterocycles. The molecule has 0 spiro atoms. The fraction of sp³-hybridized carbons (Fsp3) is 0.304. The van der Waals surface area contributed by atoms with Crippen LogP contribution in [-0.4, -0.2) is 55.9 Å². The lowest BCUT2D eigenvalue weighted by molar-refractivity contribution is 0.0162. The van der Waals surface area contributed by atoms with Crippen LogP contribution in [0.25, 0.3) is 11.3 Å². The van der Waals surface area contributed by atoms with Crippen LogP contribution in [0.1, 0.15) is 22.1 Å². The van der Waals surface area contributed by atoms with Crippen LogP contribution in [0.15, 0.2) is 59.1 Å². The zero-order chi connectivity index (χ0) is 21.6. The van der Waals surface area contributed by atoms with Crippen molar-refractivity contribution in [2.24, 2.45) is 0 Å². The largest absolute Gasteiger partial charge is 0.497 e. The number of carbonyl (C=O) groups is 1. The number of hydrogen-bond donors (Lipinski definition) is 1. The Morgan fingerprint density at radius 3 is 2.65 bits per heavy atom. The summed E-state index contributed by atoms with van der Waals surface area (Å²) >= 11 is 6.46. The first-order chi connectivity index (χ1) is 15.2. The number of nitrogens with one attached hydrogen (secondary N) is 1. The van der Waals surface area contributed by atoms with Crippen molar-refractivity contribution in [1.29, 1.82) is 0 Å². The molecule has 1 unspecified atom stereocenters. The standard InChI is InChI=1S/C23H24ClN3O4/c1-29-17-8-6-16(7-9-17)22-14-20(26-31-22)23(28)25-15-21(27-10-12-30-13-11-27)18-4-2-3-5-19(18)24/h2-9,14,21H,10-13,15H2,1H3,(H,25,28). The highest BCUT2D eigenvalue weighted by atomic mass is 35.5. The minimum absolute atomic E-state index is 0.0606. The quantitative estimate of drug-likeness (QED) is 0.600. The van der Waals surface area contributed by atoms with Gasteiger partial charge in [-0.1, -0.05) is 35.0 Å². The Balaban J connectivity index is 1.46. The van der Waals surface area contributed by atoms with Gasteiger partial charge in [-0.05, 0) is 35.9 Å². The lowest BCUT2D eigenvalue weighted by Gasteiger charge is -2.35. The van der Waals surface area contributed by atoms with Crippen LogP contribution in [0.3, 0.4) is 0 Å². The number of amides is 1. The van der Waals surface area contributed by atoms with E-state index in [1.807, 2.05) is 48.5 Å². The van der Waals surface area contributed by atoms with Gasteiger partial charge in [-0.3, -0.25) is 9.69 Å². The Morgan fingerprint density at radius 2 is 1.94 bits per heavy atom. The summed E-state index contributed by atoms with van der Waals surface area (Å²) in [5.41, 5.74) is 2.02. The van der Waals surface area contributed by atoms with Crippen LogP contribution >= 0.6 is 11.6 Å². The second kappa shape index (κ2) is 9.96. The lowest BCUT2D eigenvalue weighted by Crippen LogP contribution is -2.44. The molecule has 7 nitrogen and oxygen atoms in total. The topological polar surface area (TPSA) is 76.8 Å². The van der Waals surface area contributed by atoms with Gasteiger partial charge < -0.3 is 19.3 Å². The molecule has 8 heteroatoms. The van der Waals surface area contributed by atoms with Crippen molar-refractivity contribution in [1.82, 2.24) is 15.4 Å². The second-order valence-corrected chi connectivity index (χ2v) is 7.61. The molecule has 31 heavy (non-hydrogen) atoms. The Bertz CT molecular complexity index is 1020. The highest BCUT2D eigenvalue weighted by molar-refractivity contribution is 6.31. The van der Waals surface area contributed by atoms with E-state index in [4.69, 9.17) is 25.6 Å². The van der Waals surface area contributed by atoms with Crippen LogP contribution in [0.2, 0.25) is 5.02 Å². The van der Waals surface area contributed by atoms with Gasteiger partial charge in [0, 0.05) is 36.3 Å². The average molecular weight is 442 g/mol. The lowest BCUT2D eigenvalue weighted by atomic mass is 10.0. The molecular weight excluding hydrogens is 418 g/mol. The molecule has 1 aliphatic rings. The molecule has 3 aromatic rings. The first-order valence-corrected chi connectivity index (χ1v) is 10.5. The third-order valence-electron chi connectivity index (χ3n) is 5.32. The minimum Gasteiger partial charge on any atom is -0.497 e. The number of ether oxygens (including phenoxy) is 2. The number of methoxy groups -OCH3 is 1. The number of carbonyl (C=O) groups excluding carboxylic acids is 1. The Hall–Kier alpha value is -2.87. The van der Waals surface area contributed by atoms with Gasteiger partial charge in [0.05, 0.1) is 26.4 Å². The summed E-state index contributed by atoms with van der Waals surface area (Å²) in [4.78, 5) is 15.0. The van der Waals surface area contributed by atoms with Crippen molar-refractivity contribution in [3.63, 3.8) is 0 Å². The maximum absolute atomic E-state index is 12.8. The number of aromatic nitrogens is 1. The smallest absolute Gasteiger partial charge is 0.273 e. The van der Waals surface area contributed by atoms with Crippen LogP contribution in [0, 0.1) is 0 Å². The number of rotatable bonds is 7. The van der Waals surface area contributed by atoms with Crippen molar-refractivity contribution in [2.75, 3.05) is 40.0 Å². The number of morpholine rings is 1. The summed E-state index contributed by atoms with van der Waals surface area (Å²) in [6, 6.07) is 16.6. The molecule has 0 aliphatic carbocycles. The molecule has 162 valence electrons.